The van der Waals surface area contributed by atoms with E-state index < -0.39 is 64.7 Å². The molecule has 0 saturated carbocycles. The van der Waals surface area contributed by atoms with Crippen LogP contribution < -0.4 is 14.8 Å². The van der Waals surface area contributed by atoms with E-state index in [1.165, 1.54) is 25.3 Å². The summed E-state index contributed by atoms with van der Waals surface area (Å²) in [6.07, 6.45) is -10.2. The summed E-state index contributed by atoms with van der Waals surface area (Å²) >= 11 is 0. The van der Waals surface area contributed by atoms with Crippen LogP contribution in [0.5, 0.6) is 11.5 Å². The number of hydrogen-bond acceptors (Lipinski definition) is 6. The molecule has 0 spiro atoms. The molecule has 0 saturated heterocycles. The van der Waals surface area contributed by atoms with Gasteiger partial charge in [0.25, 0.3) is 5.91 Å². The van der Waals surface area contributed by atoms with Gasteiger partial charge in [0.1, 0.15) is 29.9 Å². The largest absolute Gasteiger partial charge is 0.493 e. The van der Waals surface area contributed by atoms with E-state index in [0.717, 1.165) is 0 Å². The van der Waals surface area contributed by atoms with Gasteiger partial charge >= 0.3 is 18.3 Å². The first-order valence-electron chi connectivity index (χ1n) is 11.6. The molecule has 0 aliphatic heterocycles. The van der Waals surface area contributed by atoms with Crippen LogP contribution in [-0.4, -0.2) is 30.6 Å². The summed E-state index contributed by atoms with van der Waals surface area (Å²) in [4.78, 5) is 24.9. The highest BCUT2D eigenvalue weighted by molar-refractivity contribution is 5.98. The van der Waals surface area contributed by atoms with Crippen LogP contribution in [0.3, 0.4) is 0 Å². The molecule has 0 aliphatic rings. The lowest BCUT2D eigenvalue weighted by Crippen LogP contribution is -2.45. The smallest absolute Gasteiger partial charge is 0.416 e. The second kappa shape index (κ2) is 12.3. The molecule has 1 unspecified atom stereocenters. The summed E-state index contributed by atoms with van der Waals surface area (Å²) in [6.45, 7) is 7.43. The zero-order chi connectivity index (χ0) is 30.5. The molecule has 1 amide bonds. The Kier molecular flexibility index (Phi) is 9.85. The maximum Gasteiger partial charge on any atom is 0.416 e. The number of esters is 1. The van der Waals surface area contributed by atoms with Gasteiger partial charge in [-0.2, -0.15) is 31.6 Å². The van der Waals surface area contributed by atoms with E-state index in [-0.39, 0.29) is 24.0 Å². The molecule has 40 heavy (non-hydrogen) atoms. The molecule has 1 atom stereocenters. The number of amides is 1. The van der Waals surface area contributed by atoms with E-state index in [2.05, 4.69) is 11.9 Å². The van der Waals surface area contributed by atoms with Crippen molar-refractivity contribution in [2.24, 2.45) is 0 Å². The van der Waals surface area contributed by atoms with E-state index in [1.807, 2.05) is 0 Å². The summed E-state index contributed by atoms with van der Waals surface area (Å²) in [5.74, 6) is -1.68. The summed E-state index contributed by atoms with van der Waals surface area (Å²) < 4.78 is 95.2. The maximum absolute atomic E-state index is 13.5. The van der Waals surface area contributed by atoms with Crippen molar-refractivity contribution in [2.45, 2.75) is 57.8 Å². The van der Waals surface area contributed by atoms with Crippen molar-refractivity contribution < 1.29 is 50.1 Å². The van der Waals surface area contributed by atoms with Crippen molar-refractivity contribution in [3.05, 3.63) is 70.8 Å². The normalized spacial score (nSPS) is 12.6. The van der Waals surface area contributed by atoms with Crippen LogP contribution in [-0.2, 0) is 39.7 Å². The van der Waals surface area contributed by atoms with E-state index in [9.17, 15) is 35.9 Å². The van der Waals surface area contributed by atoms with Crippen LogP contribution in [0, 0.1) is 11.3 Å². The second-order valence-corrected chi connectivity index (χ2v) is 9.50. The molecule has 0 aromatic heterocycles. The highest BCUT2D eigenvalue weighted by atomic mass is 19.4. The third kappa shape index (κ3) is 8.93. The number of benzene rings is 2. The molecule has 13 heteroatoms. The number of nitrogens with zero attached hydrogens (tertiary/aromatic N) is 1. The van der Waals surface area contributed by atoms with Crippen molar-refractivity contribution >= 4 is 11.9 Å². The van der Waals surface area contributed by atoms with Gasteiger partial charge in [-0.3, -0.25) is 4.79 Å². The van der Waals surface area contributed by atoms with Crippen LogP contribution in [0.4, 0.5) is 26.3 Å². The number of rotatable bonds is 9. The van der Waals surface area contributed by atoms with Gasteiger partial charge < -0.3 is 19.5 Å². The number of carbonyl (C=O) groups is 2. The van der Waals surface area contributed by atoms with Crippen molar-refractivity contribution in [3.63, 3.8) is 0 Å². The minimum atomic E-state index is -5.06. The Bertz CT molecular complexity index is 1310. The molecular weight excluding hydrogens is 546 g/mol. The third-order valence-electron chi connectivity index (χ3n) is 5.20. The Balaban J connectivity index is 2.31. The Morgan fingerprint density at radius 2 is 1.65 bits per heavy atom. The third-order valence-corrected chi connectivity index (χ3v) is 5.20. The van der Waals surface area contributed by atoms with Gasteiger partial charge in [-0.1, -0.05) is 18.7 Å². The van der Waals surface area contributed by atoms with Gasteiger partial charge in [-0.25, -0.2) is 4.79 Å². The Morgan fingerprint density at radius 1 is 1.00 bits per heavy atom. The van der Waals surface area contributed by atoms with Crippen molar-refractivity contribution in [1.29, 1.82) is 5.26 Å². The SMILES string of the molecule is C=C(C#N)C(=O)NC(Cc1ccc(OCc2ccc(C(F)(F)F)cc2C(F)(F)F)c(OC)c1)C(=O)OC(C)(C)C. The first-order chi connectivity index (χ1) is 18.4. The van der Waals surface area contributed by atoms with E-state index in [4.69, 9.17) is 19.5 Å². The van der Waals surface area contributed by atoms with Crippen LogP contribution >= 0.6 is 0 Å². The molecular formula is C27H26F6N2O5. The van der Waals surface area contributed by atoms with Crippen LogP contribution in [0.15, 0.2) is 48.6 Å². The zero-order valence-electron chi connectivity index (χ0n) is 21.9. The molecule has 0 aliphatic carbocycles. The van der Waals surface area contributed by atoms with E-state index >= 15 is 0 Å². The predicted molar refractivity (Wildman–Crippen MR) is 130 cm³/mol. The van der Waals surface area contributed by atoms with Gasteiger partial charge in [0.2, 0.25) is 0 Å². The van der Waals surface area contributed by atoms with Gasteiger partial charge in [0.15, 0.2) is 11.5 Å². The van der Waals surface area contributed by atoms with Crippen LogP contribution in [0.25, 0.3) is 0 Å². The number of nitrogens with one attached hydrogen (secondary N) is 1. The average Bonchev–Trinajstić information content (AvgIpc) is 2.84. The fourth-order valence-corrected chi connectivity index (χ4v) is 3.35. The highest BCUT2D eigenvalue weighted by Crippen LogP contribution is 2.38. The van der Waals surface area contributed by atoms with Gasteiger partial charge in [0.05, 0.1) is 18.2 Å². The number of alkyl halides is 6. The quantitative estimate of drug-likeness (QED) is 0.178. The minimum Gasteiger partial charge on any atom is -0.493 e. The van der Waals surface area contributed by atoms with E-state index in [0.29, 0.717) is 17.7 Å². The lowest BCUT2D eigenvalue weighted by molar-refractivity contribution is -0.158. The molecule has 7 nitrogen and oxygen atoms in total. The van der Waals surface area contributed by atoms with Crippen molar-refractivity contribution in [1.82, 2.24) is 5.32 Å². The summed E-state index contributed by atoms with van der Waals surface area (Å²) in [5, 5.41) is 11.3. The fourth-order valence-electron chi connectivity index (χ4n) is 3.35. The summed E-state index contributed by atoms with van der Waals surface area (Å²) in [5.41, 5.74) is -4.39. The summed E-state index contributed by atoms with van der Waals surface area (Å²) in [7, 11) is 1.25. The average molecular weight is 573 g/mol. The van der Waals surface area contributed by atoms with Crippen molar-refractivity contribution in [3.8, 4) is 17.6 Å². The lowest BCUT2D eigenvalue weighted by Gasteiger charge is -2.25. The number of carbonyl (C=O) groups excluding carboxylic acids is 2. The van der Waals surface area contributed by atoms with Crippen LogP contribution in [0.1, 0.15) is 43.0 Å². The number of ether oxygens (including phenoxy) is 3. The first-order valence-corrected chi connectivity index (χ1v) is 11.6. The first kappa shape index (κ1) is 32.0. The van der Waals surface area contributed by atoms with Crippen LogP contribution in [0.2, 0.25) is 0 Å². The topological polar surface area (TPSA) is 97.7 Å². The Morgan fingerprint density at radius 3 is 2.17 bits per heavy atom. The standard InChI is InChI=1S/C27H26F6N2O5/c1-15(13-34)23(36)35-20(24(37)40-25(2,3)4)10-16-6-9-21(22(11-16)38-5)39-14-17-7-8-18(26(28,29)30)12-19(17)27(31,32)33/h6-9,11-12,20H,1,10,14H2,2-5H3,(H,35,36). The zero-order valence-corrected chi connectivity index (χ0v) is 21.9. The number of halogens is 6. The Labute approximate surface area is 226 Å². The molecule has 0 heterocycles. The van der Waals surface area contributed by atoms with E-state index in [1.54, 1.807) is 26.8 Å². The molecule has 2 aromatic carbocycles. The van der Waals surface area contributed by atoms with Gasteiger partial charge in [0, 0.05) is 12.0 Å². The molecule has 0 fully saturated rings. The fraction of sp³-hybridized carbons (Fsp3) is 0.370. The molecule has 2 rings (SSSR count). The van der Waals surface area contributed by atoms with Gasteiger partial charge in [-0.05, 0) is 50.6 Å². The molecule has 0 bridgehead atoms. The number of hydrogen-bond donors (Lipinski definition) is 1. The highest BCUT2D eigenvalue weighted by Gasteiger charge is 2.38. The minimum absolute atomic E-state index is 0.0189. The van der Waals surface area contributed by atoms with Crippen molar-refractivity contribution in [2.75, 3.05) is 7.11 Å². The second-order valence-electron chi connectivity index (χ2n) is 9.50. The number of nitriles is 1. The molecule has 1 N–H and O–H groups in total. The Hall–Kier alpha value is -4.21. The molecule has 2 aromatic rings. The van der Waals surface area contributed by atoms with Gasteiger partial charge in [-0.15, -0.1) is 0 Å². The monoisotopic (exact) mass is 572 g/mol. The lowest BCUT2D eigenvalue weighted by atomic mass is 10.0. The maximum atomic E-state index is 13.5. The predicted octanol–water partition coefficient (Wildman–Crippen LogP) is 5.76. The number of methoxy groups -OCH3 is 1. The summed E-state index contributed by atoms with van der Waals surface area (Å²) in [6, 6.07) is 5.74. The molecule has 216 valence electrons. The molecule has 0 radical (unpaired) electrons.